The molecule has 1 heterocycles. The molecule has 0 aromatic heterocycles. The Kier molecular flexibility index (Phi) is 4.05. The van der Waals surface area contributed by atoms with Gasteiger partial charge in [0.05, 0.1) is 26.3 Å². The zero-order valence-electron chi connectivity index (χ0n) is 11.0. The minimum absolute atomic E-state index is 0.210. The summed E-state index contributed by atoms with van der Waals surface area (Å²) in [4.78, 5) is 11.8. The van der Waals surface area contributed by atoms with Gasteiger partial charge in [0.2, 0.25) is 5.91 Å². The lowest BCUT2D eigenvalue weighted by atomic mass is 9.92. The lowest BCUT2D eigenvalue weighted by Gasteiger charge is -2.29. The largest absolute Gasteiger partial charge is 0.493 e. The molecule has 6 nitrogen and oxygen atoms in total. The van der Waals surface area contributed by atoms with E-state index in [9.17, 15) is 4.79 Å². The molecule has 0 radical (unpaired) electrons. The quantitative estimate of drug-likeness (QED) is 0.805. The first-order valence-corrected chi connectivity index (χ1v) is 6.24. The molecule has 1 aromatic carbocycles. The molecule has 2 rings (SSSR count). The fourth-order valence-corrected chi connectivity index (χ4v) is 2.28. The second-order valence-corrected chi connectivity index (χ2v) is 4.57. The Hall–Kier alpha value is -2.33. The highest BCUT2D eigenvalue weighted by Gasteiger charge is 2.35. The summed E-state index contributed by atoms with van der Waals surface area (Å²) in [6.45, 7) is 0. The lowest BCUT2D eigenvalue weighted by molar-refractivity contribution is -0.123. The van der Waals surface area contributed by atoms with E-state index >= 15 is 0 Å². The van der Waals surface area contributed by atoms with E-state index in [1.54, 1.807) is 18.2 Å². The van der Waals surface area contributed by atoms with Crippen molar-refractivity contribution in [2.75, 3.05) is 14.2 Å². The van der Waals surface area contributed by atoms with Gasteiger partial charge in [0.25, 0.3) is 0 Å². The number of methoxy groups -OCH3 is 2. The van der Waals surface area contributed by atoms with Crippen molar-refractivity contribution >= 4 is 23.2 Å². The van der Waals surface area contributed by atoms with E-state index in [4.69, 9.17) is 27.0 Å². The zero-order chi connectivity index (χ0) is 14.7. The maximum atomic E-state index is 11.8. The highest BCUT2D eigenvalue weighted by atomic mass is 32.1. The molecule has 1 aliphatic rings. The molecule has 1 fully saturated rings. The first kappa shape index (κ1) is 14.1. The van der Waals surface area contributed by atoms with Gasteiger partial charge in [0, 0.05) is 0 Å². The maximum absolute atomic E-state index is 11.8. The summed E-state index contributed by atoms with van der Waals surface area (Å²) in [5.41, 5.74) is 0.728. The van der Waals surface area contributed by atoms with Crippen molar-refractivity contribution in [1.29, 1.82) is 5.26 Å². The number of benzene rings is 1. The summed E-state index contributed by atoms with van der Waals surface area (Å²) in [6.07, 6.45) is 0. The summed E-state index contributed by atoms with van der Waals surface area (Å²) in [5, 5.41) is 14.7. The van der Waals surface area contributed by atoms with E-state index in [0.29, 0.717) is 11.5 Å². The second kappa shape index (κ2) is 5.75. The number of hydrogen-bond acceptors (Lipinski definition) is 5. The number of nitrogens with zero attached hydrogens (tertiary/aromatic N) is 1. The number of thiocarbonyl (C=S) groups is 1. The van der Waals surface area contributed by atoms with Crippen LogP contribution in [0, 0.1) is 17.2 Å². The monoisotopic (exact) mass is 291 g/mol. The highest BCUT2D eigenvalue weighted by Crippen LogP contribution is 2.33. The summed E-state index contributed by atoms with van der Waals surface area (Å²) >= 11 is 4.96. The Morgan fingerprint density at radius 2 is 2.00 bits per heavy atom. The minimum atomic E-state index is -0.861. The van der Waals surface area contributed by atoms with Crippen LogP contribution >= 0.6 is 12.2 Å². The van der Waals surface area contributed by atoms with Crippen LogP contribution < -0.4 is 20.1 Å². The Morgan fingerprint density at radius 1 is 1.30 bits per heavy atom. The van der Waals surface area contributed by atoms with Gasteiger partial charge in [0.1, 0.15) is 5.92 Å². The number of nitriles is 1. The van der Waals surface area contributed by atoms with Crippen LogP contribution in [-0.4, -0.2) is 25.2 Å². The van der Waals surface area contributed by atoms with Crippen LogP contribution in [0.4, 0.5) is 0 Å². The summed E-state index contributed by atoms with van der Waals surface area (Å²) in [6, 6.07) is 6.68. The van der Waals surface area contributed by atoms with Gasteiger partial charge in [-0.3, -0.25) is 4.79 Å². The molecule has 0 spiro atoms. The number of hydrogen-bond donors (Lipinski definition) is 2. The Balaban J connectivity index is 2.40. The van der Waals surface area contributed by atoms with Gasteiger partial charge in [-0.05, 0) is 29.9 Å². The highest BCUT2D eigenvalue weighted by molar-refractivity contribution is 7.80. The molecule has 1 amide bonds. The van der Waals surface area contributed by atoms with Gasteiger partial charge < -0.3 is 20.1 Å². The van der Waals surface area contributed by atoms with Crippen molar-refractivity contribution in [3.05, 3.63) is 23.8 Å². The lowest BCUT2D eigenvalue weighted by Crippen LogP contribution is -2.53. The van der Waals surface area contributed by atoms with Crippen molar-refractivity contribution < 1.29 is 14.3 Å². The van der Waals surface area contributed by atoms with Crippen LogP contribution in [0.15, 0.2) is 18.2 Å². The van der Waals surface area contributed by atoms with E-state index in [1.807, 2.05) is 6.07 Å². The average Bonchev–Trinajstić information content (AvgIpc) is 2.45. The number of carbonyl (C=O) groups is 1. The van der Waals surface area contributed by atoms with Gasteiger partial charge in [-0.15, -0.1) is 0 Å². The Labute approximate surface area is 121 Å². The SMILES string of the molecule is COc1ccc([C@H]2NC(=S)NC(=O)[C@H]2C#N)cc1OC. The van der Waals surface area contributed by atoms with Gasteiger partial charge in [-0.25, -0.2) is 0 Å². The van der Waals surface area contributed by atoms with Gasteiger partial charge >= 0.3 is 0 Å². The summed E-state index contributed by atoms with van der Waals surface area (Å²) < 4.78 is 10.4. The molecule has 0 saturated carbocycles. The Bertz CT molecular complexity index is 597. The molecule has 2 atom stereocenters. The first-order valence-electron chi connectivity index (χ1n) is 5.83. The molecule has 0 unspecified atom stereocenters. The fourth-order valence-electron chi connectivity index (χ4n) is 2.06. The van der Waals surface area contributed by atoms with Gasteiger partial charge in [-0.1, -0.05) is 6.07 Å². The third kappa shape index (κ3) is 2.51. The molecule has 0 aliphatic carbocycles. The van der Waals surface area contributed by atoms with E-state index in [0.717, 1.165) is 5.56 Å². The molecule has 0 bridgehead atoms. The van der Waals surface area contributed by atoms with Crippen LogP contribution in [-0.2, 0) is 4.79 Å². The first-order chi connectivity index (χ1) is 9.60. The predicted octanol–water partition coefficient (Wildman–Crippen LogP) is 0.889. The molecular weight excluding hydrogens is 278 g/mol. The molecule has 1 aliphatic heterocycles. The zero-order valence-corrected chi connectivity index (χ0v) is 11.8. The predicted molar refractivity (Wildman–Crippen MR) is 75.3 cm³/mol. The third-order valence-electron chi connectivity index (χ3n) is 3.04. The smallest absolute Gasteiger partial charge is 0.245 e. The van der Waals surface area contributed by atoms with E-state index in [2.05, 4.69) is 10.6 Å². The number of rotatable bonds is 3. The second-order valence-electron chi connectivity index (χ2n) is 4.16. The van der Waals surface area contributed by atoms with Crippen molar-refractivity contribution in [1.82, 2.24) is 10.6 Å². The standard InChI is InChI=1S/C13H13N3O3S/c1-18-9-4-3-7(5-10(9)19-2)11-8(6-14)12(17)16-13(20)15-11/h3-5,8,11H,1-2H3,(H2,15,16,17,20)/t8-,11+/m0/s1. The normalized spacial score (nSPS) is 21.4. The van der Waals surface area contributed by atoms with Gasteiger partial charge in [-0.2, -0.15) is 5.26 Å². The molecule has 1 saturated heterocycles. The van der Waals surface area contributed by atoms with Crippen LogP contribution in [0.3, 0.4) is 0 Å². The molecule has 7 heteroatoms. The molecule has 20 heavy (non-hydrogen) atoms. The average molecular weight is 291 g/mol. The van der Waals surface area contributed by atoms with Crippen molar-refractivity contribution in [3.63, 3.8) is 0 Å². The van der Waals surface area contributed by atoms with Crippen molar-refractivity contribution in [2.45, 2.75) is 6.04 Å². The molecule has 104 valence electrons. The maximum Gasteiger partial charge on any atom is 0.245 e. The van der Waals surface area contributed by atoms with Crippen LogP contribution in [0.5, 0.6) is 11.5 Å². The topological polar surface area (TPSA) is 83.4 Å². The van der Waals surface area contributed by atoms with Gasteiger partial charge in [0.15, 0.2) is 16.6 Å². The Morgan fingerprint density at radius 3 is 2.60 bits per heavy atom. The third-order valence-corrected chi connectivity index (χ3v) is 3.26. The summed E-state index contributed by atoms with van der Waals surface area (Å²) in [5.74, 6) is -0.163. The molecule has 1 aromatic rings. The minimum Gasteiger partial charge on any atom is -0.493 e. The number of nitrogens with one attached hydrogen (secondary N) is 2. The number of carbonyl (C=O) groups excluding carboxylic acids is 1. The van der Waals surface area contributed by atoms with Crippen molar-refractivity contribution in [2.24, 2.45) is 5.92 Å². The number of ether oxygens (including phenoxy) is 2. The molecular formula is C13H13N3O3S. The van der Waals surface area contributed by atoms with Crippen molar-refractivity contribution in [3.8, 4) is 17.6 Å². The number of amides is 1. The molecule has 2 N–H and O–H groups in total. The van der Waals surface area contributed by atoms with Crippen LogP contribution in [0.2, 0.25) is 0 Å². The van der Waals surface area contributed by atoms with E-state index in [-0.39, 0.29) is 5.11 Å². The van der Waals surface area contributed by atoms with E-state index in [1.165, 1.54) is 14.2 Å². The van der Waals surface area contributed by atoms with Crippen LogP contribution in [0.25, 0.3) is 0 Å². The van der Waals surface area contributed by atoms with E-state index < -0.39 is 17.9 Å². The van der Waals surface area contributed by atoms with Crippen LogP contribution in [0.1, 0.15) is 11.6 Å². The fraction of sp³-hybridized carbons (Fsp3) is 0.308. The summed E-state index contributed by atoms with van der Waals surface area (Å²) in [7, 11) is 3.06.